The van der Waals surface area contributed by atoms with Crippen molar-refractivity contribution >= 4 is 5.82 Å². The minimum atomic E-state index is 0.444. The molecule has 3 nitrogen and oxygen atoms in total. The molecular weight excluding hydrogens is 186 g/mol. The van der Waals surface area contributed by atoms with Gasteiger partial charge in [0.05, 0.1) is 0 Å². The fraction of sp³-hybridized carbons (Fsp3) is 0.500. The average molecular weight is 205 g/mol. The quantitative estimate of drug-likeness (QED) is 0.573. The van der Waals surface area contributed by atoms with Gasteiger partial charge in [0.15, 0.2) is 0 Å². The molecule has 3 heteroatoms. The lowest BCUT2D eigenvalue weighted by atomic mass is 10.1. The molecule has 0 aliphatic heterocycles. The van der Waals surface area contributed by atoms with Crippen molar-refractivity contribution < 1.29 is 0 Å². The maximum Gasteiger partial charge on any atom is 0.129 e. The Morgan fingerprint density at radius 3 is 3.00 bits per heavy atom. The van der Waals surface area contributed by atoms with E-state index in [2.05, 4.69) is 28.8 Å². The molecule has 82 valence electrons. The third kappa shape index (κ3) is 4.58. The topological polar surface area (TPSA) is 37.8 Å². The zero-order chi connectivity index (χ0) is 11.1. The van der Waals surface area contributed by atoms with Crippen LogP contribution in [0.1, 0.15) is 31.9 Å². The number of anilines is 1. The Hall–Kier alpha value is -1.38. The first-order valence-corrected chi connectivity index (χ1v) is 5.38. The lowest BCUT2D eigenvalue weighted by Crippen LogP contribution is -2.15. The summed E-state index contributed by atoms with van der Waals surface area (Å²) >= 11 is 0. The van der Waals surface area contributed by atoms with Gasteiger partial charge in [0.2, 0.25) is 0 Å². The normalized spacial score (nSPS) is 12.1. The van der Waals surface area contributed by atoms with E-state index >= 15 is 0 Å². The molecule has 0 saturated carbocycles. The number of allylic oxidation sites excluding steroid dienone is 1. The third-order valence-corrected chi connectivity index (χ3v) is 2.24. The van der Waals surface area contributed by atoms with Crippen molar-refractivity contribution in [3.63, 3.8) is 0 Å². The number of nitrogens with one attached hydrogen (secondary N) is 1. The average Bonchev–Trinajstić information content (AvgIpc) is 2.18. The molecular formula is C12H19N3. The molecule has 1 aromatic heterocycles. The fourth-order valence-corrected chi connectivity index (χ4v) is 1.43. The third-order valence-electron chi connectivity index (χ3n) is 2.24. The van der Waals surface area contributed by atoms with E-state index in [-0.39, 0.29) is 0 Å². The molecule has 1 N–H and O–H groups in total. The van der Waals surface area contributed by atoms with E-state index in [1.807, 2.05) is 19.1 Å². The summed E-state index contributed by atoms with van der Waals surface area (Å²) in [5, 5.41) is 3.36. The molecule has 0 aliphatic carbocycles. The number of aryl methyl sites for hydroxylation is 1. The molecule has 0 amide bonds. The van der Waals surface area contributed by atoms with Crippen LogP contribution in [0.15, 0.2) is 25.0 Å². The number of rotatable bonds is 6. The molecule has 0 fully saturated rings. The highest BCUT2D eigenvalue weighted by Gasteiger charge is 2.02. The molecule has 0 saturated heterocycles. The number of aromatic nitrogens is 2. The standard InChI is InChI=1S/C12H19N3/c1-4-5-6-7-10(2)15-12-8-11(3)13-9-14-12/h4,8-10H,1,5-7H2,2-3H3,(H,13,14,15). The van der Waals surface area contributed by atoms with Crippen LogP contribution in [0.5, 0.6) is 0 Å². The van der Waals surface area contributed by atoms with E-state index in [4.69, 9.17) is 0 Å². The van der Waals surface area contributed by atoms with Crippen molar-refractivity contribution in [1.29, 1.82) is 0 Å². The number of hydrogen-bond acceptors (Lipinski definition) is 3. The first-order valence-electron chi connectivity index (χ1n) is 5.38. The van der Waals surface area contributed by atoms with Gasteiger partial charge in [-0.2, -0.15) is 0 Å². The zero-order valence-electron chi connectivity index (χ0n) is 9.53. The second-order valence-corrected chi connectivity index (χ2v) is 3.81. The van der Waals surface area contributed by atoms with Crippen molar-refractivity contribution in [3.05, 3.63) is 30.7 Å². The Balaban J connectivity index is 2.37. The SMILES string of the molecule is C=CCCCC(C)Nc1cc(C)ncn1. The van der Waals surface area contributed by atoms with Crippen LogP contribution in [0.2, 0.25) is 0 Å². The summed E-state index contributed by atoms with van der Waals surface area (Å²) in [4.78, 5) is 8.22. The van der Waals surface area contributed by atoms with Crippen molar-refractivity contribution in [1.82, 2.24) is 9.97 Å². The predicted molar refractivity (Wildman–Crippen MR) is 63.9 cm³/mol. The minimum Gasteiger partial charge on any atom is -0.368 e. The lowest BCUT2D eigenvalue weighted by Gasteiger charge is -2.13. The van der Waals surface area contributed by atoms with Gasteiger partial charge in [0.1, 0.15) is 12.1 Å². The van der Waals surface area contributed by atoms with Crippen LogP contribution in [0, 0.1) is 6.92 Å². The van der Waals surface area contributed by atoms with Gasteiger partial charge in [0.25, 0.3) is 0 Å². The van der Waals surface area contributed by atoms with Crippen LogP contribution < -0.4 is 5.32 Å². The van der Waals surface area contributed by atoms with Gasteiger partial charge in [-0.05, 0) is 33.1 Å². The molecule has 0 aliphatic rings. The number of nitrogens with zero attached hydrogens (tertiary/aromatic N) is 2. The summed E-state index contributed by atoms with van der Waals surface area (Å²) in [7, 11) is 0. The Bertz CT molecular complexity index is 309. The van der Waals surface area contributed by atoms with Crippen molar-refractivity contribution in [3.8, 4) is 0 Å². The van der Waals surface area contributed by atoms with Crippen LogP contribution in [0.25, 0.3) is 0 Å². The lowest BCUT2D eigenvalue weighted by molar-refractivity contribution is 0.660. The van der Waals surface area contributed by atoms with E-state index in [1.54, 1.807) is 6.33 Å². The molecule has 1 aromatic rings. The van der Waals surface area contributed by atoms with E-state index in [0.717, 1.165) is 24.4 Å². The van der Waals surface area contributed by atoms with Crippen LogP contribution in [0.4, 0.5) is 5.82 Å². The van der Waals surface area contributed by atoms with E-state index < -0.39 is 0 Å². The van der Waals surface area contributed by atoms with Gasteiger partial charge in [0, 0.05) is 17.8 Å². The molecule has 1 heterocycles. The first-order chi connectivity index (χ1) is 7.22. The molecule has 0 bridgehead atoms. The highest BCUT2D eigenvalue weighted by atomic mass is 15.0. The molecule has 0 spiro atoms. The largest absolute Gasteiger partial charge is 0.368 e. The number of hydrogen-bond donors (Lipinski definition) is 1. The van der Waals surface area contributed by atoms with Gasteiger partial charge in [-0.3, -0.25) is 0 Å². The second-order valence-electron chi connectivity index (χ2n) is 3.81. The Morgan fingerprint density at radius 2 is 2.33 bits per heavy atom. The van der Waals surface area contributed by atoms with Crippen LogP contribution >= 0.6 is 0 Å². The van der Waals surface area contributed by atoms with Gasteiger partial charge in [-0.1, -0.05) is 6.08 Å². The molecule has 1 unspecified atom stereocenters. The molecule has 1 atom stereocenters. The Labute approximate surface area is 91.7 Å². The summed E-state index contributed by atoms with van der Waals surface area (Å²) < 4.78 is 0. The summed E-state index contributed by atoms with van der Waals surface area (Å²) in [6, 6.07) is 2.41. The molecule has 15 heavy (non-hydrogen) atoms. The van der Waals surface area contributed by atoms with Crippen LogP contribution in [-0.2, 0) is 0 Å². The van der Waals surface area contributed by atoms with Gasteiger partial charge < -0.3 is 5.32 Å². The van der Waals surface area contributed by atoms with Crippen LogP contribution in [-0.4, -0.2) is 16.0 Å². The summed E-state index contributed by atoms with van der Waals surface area (Å²) in [5.41, 5.74) is 0.991. The maximum atomic E-state index is 4.17. The van der Waals surface area contributed by atoms with Crippen molar-refractivity contribution in [2.24, 2.45) is 0 Å². The highest BCUT2D eigenvalue weighted by Crippen LogP contribution is 2.08. The summed E-state index contributed by atoms with van der Waals surface area (Å²) in [6.07, 6.45) is 6.93. The number of unbranched alkanes of at least 4 members (excludes halogenated alkanes) is 1. The molecule has 0 aromatic carbocycles. The molecule has 0 radical (unpaired) electrons. The Kier molecular flexibility index (Phi) is 4.81. The van der Waals surface area contributed by atoms with Crippen molar-refractivity contribution in [2.45, 2.75) is 39.2 Å². The zero-order valence-corrected chi connectivity index (χ0v) is 9.53. The monoisotopic (exact) mass is 205 g/mol. The highest BCUT2D eigenvalue weighted by molar-refractivity contribution is 5.35. The molecule has 1 rings (SSSR count). The van der Waals surface area contributed by atoms with E-state index in [9.17, 15) is 0 Å². The second kappa shape index (κ2) is 6.17. The minimum absolute atomic E-state index is 0.444. The first kappa shape index (κ1) is 11.7. The summed E-state index contributed by atoms with van der Waals surface area (Å²) in [6.45, 7) is 7.85. The van der Waals surface area contributed by atoms with Crippen LogP contribution in [0.3, 0.4) is 0 Å². The maximum absolute atomic E-state index is 4.17. The van der Waals surface area contributed by atoms with Gasteiger partial charge >= 0.3 is 0 Å². The van der Waals surface area contributed by atoms with Crippen molar-refractivity contribution in [2.75, 3.05) is 5.32 Å². The summed E-state index contributed by atoms with van der Waals surface area (Å²) in [5.74, 6) is 0.911. The van der Waals surface area contributed by atoms with E-state index in [1.165, 1.54) is 6.42 Å². The van der Waals surface area contributed by atoms with E-state index in [0.29, 0.717) is 6.04 Å². The smallest absolute Gasteiger partial charge is 0.129 e. The predicted octanol–water partition coefficient (Wildman–Crippen LogP) is 2.94. The van der Waals surface area contributed by atoms with Gasteiger partial charge in [-0.15, -0.1) is 6.58 Å². The Morgan fingerprint density at radius 1 is 1.53 bits per heavy atom. The van der Waals surface area contributed by atoms with Gasteiger partial charge in [-0.25, -0.2) is 9.97 Å². The fourth-order valence-electron chi connectivity index (χ4n) is 1.43.